The summed E-state index contributed by atoms with van der Waals surface area (Å²) < 4.78 is 16.2. The van der Waals surface area contributed by atoms with Crippen molar-refractivity contribution in [3.8, 4) is 11.5 Å². The molecule has 1 aliphatic heterocycles. The van der Waals surface area contributed by atoms with Crippen LogP contribution in [0, 0.1) is 13.8 Å². The maximum absolute atomic E-state index is 13.2. The van der Waals surface area contributed by atoms with E-state index < -0.39 is 17.7 Å². The van der Waals surface area contributed by atoms with Gasteiger partial charge < -0.3 is 19.1 Å². The average molecular weight is 463 g/mol. The van der Waals surface area contributed by atoms with Gasteiger partial charge in [-0.2, -0.15) is 0 Å². The lowest BCUT2D eigenvalue weighted by Gasteiger charge is -2.23. The summed E-state index contributed by atoms with van der Waals surface area (Å²) in [5, 5.41) is 15.2. The first-order valence-electron chi connectivity index (χ1n) is 11.0. The molecule has 0 radical (unpaired) electrons. The van der Waals surface area contributed by atoms with Crippen molar-refractivity contribution in [2.75, 3.05) is 18.6 Å². The minimum atomic E-state index is -0.919. The number of Topliss-reactive ketones (excluding diaryl/α,β-unsaturated/α-hetero) is 1. The number of hydrogen-bond donors (Lipinski definition) is 1. The van der Waals surface area contributed by atoms with Crippen LogP contribution in [-0.2, 0) is 9.59 Å². The highest BCUT2D eigenvalue weighted by Crippen LogP contribution is 2.42. The molecule has 1 saturated heterocycles. The van der Waals surface area contributed by atoms with Crippen LogP contribution in [0.2, 0.25) is 0 Å². The number of rotatable bonds is 7. The van der Waals surface area contributed by atoms with Gasteiger partial charge in [-0.1, -0.05) is 24.2 Å². The van der Waals surface area contributed by atoms with Gasteiger partial charge in [0.1, 0.15) is 23.0 Å². The van der Waals surface area contributed by atoms with Crippen molar-refractivity contribution < 1.29 is 28.7 Å². The molecule has 4 rings (SSSR count). The Balaban J connectivity index is 1.90. The van der Waals surface area contributed by atoms with Crippen molar-refractivity contribution >= 4 is 23.3 Å². The zero-order valence-electron chi connectivity index (χ0n) is 19.5. The highest BCUT2D eigenvalue weighted by molar-refractivity contribution is 6.51. The van der Waals surface area contributed by atoms with Gasteiger partial charge in [-0.15, -0.1) is 0 Å². The third kappa shape index (κ3) is 4.14. The third-order valence-corrected chi connectivity index (χ3v) is 5.62. The van der Waals surface area contributed by atoms with E-state index in [1.54, 1.807) is 62.6 Å². The van der Waals surface area contributed by atoms with Gasteiger partial charge in [-0.3, -0.25) is 14.5 Å². The Bertz CT molecular complexity index is 1280. The number of ether oxygens (including phenoxy) is 2. The van der Waals surface area contributed by atoms with Crippen molar-refractivity contribution in [3.63, 3.8) is 0 Å². The number of aliphatic hydroxyl groups is 1. The zero-order valence-corrected chi connectivity index (χ0v) is 19.5. The molecule has 2 aromatic carbocycles. The lowest BCUT2D eigenvalue weighted by molar-refractivity contribution is -0.132. The second-order valence-corrected chi connectivity index (χ2v) is 8.07. The number of methoxy groups -OCH3 is 1. The van der Waals surface area contributed by atoms with Crippen LogP contribution in [0.3, 0.4) is 0 Å². The molecule has 1 fully saturated rings. The summed E-state index contributed by atoms with van der Waals surface area (Å²) in [5.41, 5.74) is 1.73. The molecule has 0 aliphatic carbocycles. The van der Waals surface area contributed by atoms with Crippen molar-refractivity contribution in [2.45, 2.75) is 33.2 Å². The molecular formula is C26H26N2O6. The molecular weight excluding hydrogens is 436 g/mol. The van der Waals surface area contributed by atoms with Crippen molar-refractivity contribution in [1.82, 2.24) is 5.16 Å². The van der Waals surface area contributed by atoms with Crippen LogP contribution in [0.25, 0.3) is 5.76 Å². The van der Waals surface area contributed by atoms with Crippen LogP contribution < -0.4 is 14.4 Å². The molecule has 176 valence electrons. The Morgan fingerprint density at radius 1 is 1.15 bits per heavy atom. The number of ketones is 1. The number of amides is 1. The van der Waals surface area contributed by atoms with Gasteiger partial charge in [0.25, 0.3) is 5.78 Å². The zero-order chi connectivity index (χ0) is 24.4. The van der Waals surface area contributed by atoms with Crippen LogP contribution in [0.1, 0.15) is 41.8 Å². The standard InChI is InChI=1S/C26H26N2O6/c1-5-11-33-19-8-6-7-17(14-19)23-22(24(29)18-9-10-20(32-4)15(2)12-18)25(30)26(31)28(23)21-13-16(3)34-27-21/h6-10,12-14,23,29H,5,11H2,1-4H3/b24-22+/t23-/m0/s1. The number of aliphatic hydroxyl groups excluding tert-OH is 1. The minimum absolute atomic E-state index is 0.0390. The first-order chi connectivity index (χ1) is 16.3. The predicted molar refractivity (Wildman–Crippen MR) is 126 cm³/mol. The number of hydrogen-bond acceptors (Lipinski definition) is 7. The lowest BCUT2D eigenvalue weighted by Crippen LogP contribution is -2.29. The summed E-state index contributed by atoms with van der Waals surface area (Å²) in [6.07, 6.45) is 0.831. The molecule has 8 nitrogen and oxygen atoms in total. The van der Waals surface area contributed by atoms with Gasteiger partial charge in [0.2, 0.25) is 0 Å². The smallest absolute Gasteiger partial charge is 0.301 e. The largest absolute Gasteiger partial charge is 0.507 e. The van der Waals surface area contributed by atoms with Crippen LogP contribution in [0.4, 0.5) is 5.82 Å². The second-order valence-electron chi connectivity index (χ2n) is 8.07. The molecule has 0 bridgehead atoms. The number of carbonyl (C=O) groups excluding carboxylic acids is 2. The average Bonchev–Trinajstić information content (AvgIpc) is 3.37. The number of carbonyl (C=O) groups is 2. The van der Waals surface area contributed by atoms with E-state index in [1.165, 1.54) is 4.90 Å². The fourth-order valence-corrected chi connectivity index (χ4v) is 4.03. The van der Waals surface area contributed by atoms with Crippen LogP contribution in [0.15, 0.2) is 58.6 Å². The summed E-state index contributed by atoms with van der Waals surface area (Å²) in [6.45, 7) is 6.06. The van der Waals surface area contributed by atoms with E-state index in [-0.39, 0.29) is 17.2 Å². The van der Waals surface area contributed by atoms with Crippen LogP contribution in [0.5, 0.6) is 11.5 Å². The first-order valence-corrected chi connectivity index (χ1v) is 11.0. The molecule has 1 aromatic heterocycles. The molecule has 1 aliphatic rings. The summed E-state index contributed by atoms with van der Waals surface area (Å²) in [5.74, 6) is 0.0306. The van der Waals surface area contributed by atoms with E-state index in [4.69, 9.17) is 14.0 Å². The lowest BCUT2D eigenvalue weighted by atomic mass is 9.94. The number of aryl methyl sites for hydroxylation is 2. The summed E-state index contributed by atoms with van der Waals surface area (Å²) >= 11 is 0. The first kappa shape index (κ1) is 23.1. The summed E-state index contributed by atoms with van der Waals surface area (Å²) in [6, 6.07) is 12.8. The Morgan fingerprint density at radius 3 is 2.59 bits per heavy atom. The highest BCUT2D eigenvalue weighted by Gasteiger charge is 2.48. The maximum atomic E-state index is 13.2. The molecule has 1 atom stereocenters. The Morgan fingerprint density at radius 2 is 1.94 bits per heavy atom. The van der Waals surface area contributed by atoms with Crippen molar-refractivity contribution in [2.24, 2.45) is 0 Å². The van der Waals surface area contributed by atoms with E-state index in [1.807, 2.05) is 13.8 Å². The van der Waals surface area contributed by atoms with Crippen molar-refractivity contribution in [3.05, 3.63) is 76.6 Å². The summed E-state index contributed by atoms with van der Waals surface area (Å²) in [7, 11) is 1.56. The molecule has 8 heteroatoms. The molecule has 2 heterocycles. The molecule has 1 N–H and O–H groups in total. The van der Waals surface area contributed by atoms with Gasteiger partial charge >= 0.3 is 5.91 Å². The molecule has 0 saturated carbocycles. The topological polar surface area (TPSA) is 102 Å². The Hall–Kier alpha value is -4.07. The number of aromatic nitrogens is 1. The van der Waals surface area contributed by atoms with E-state index in [2.05, 4.69) is 5.16 Å². The fourth-order valence-electron chi connectivity index (χ4n) is 4.03. The second kappa shape index (κ2) is 9.43. The monoisotopic (exact) mass is 462 g/mol. The summed E-state index contributed by atoms with van der Waals surface area (Å²) in [4.78, 5) is 27.7. The Kier molecular flexibility index (Phi) is 6.40. The van der Waals surface area contributed by atoms with Gasteiger partial charge in [0, 0.05) is 11.6 Å². The molecule has 3 aromatic rings. The number of benzene rings is 2. The van der Waals surface area contributed by atoms with Gasteiger partial charge in [0.15, 0.2) is 5.82 Å². The van der Waals surface area contributed by atoms with Gasteiger partial charge in [-0.05, 0) is 61.7 Å². The van der Waals surface area contributed by atoms with Crippen LogP contribution >= 0.6 is 0 Å². The van der Waals surface area contributed by atoms with E-state index in [9.17, 15) is 14.7 Å². The van der Waals surface area contributed by atoms with E-state index >= 15 is 0 Å². The SMILES string of the molecule is CCCOc1cccc([C@H]2/C(=C(\O)c3ccc(OC)c(C)c3)C(=O)C(=O)N2c2cc(C)on2)c1. The van der Waals surface area contributed by atoms with Crippen LogP contribution in [-0.4, -0.2) is 35.7 Å². The van der Waals surface area contributed by atoms with E-state index in [0.29, 0.717) is 35.0 Å². The molecule has 0 unspecified atom stereocenters. The normalized spacial score (nSPS) is 17.3. The van der Waals surface area contributed by atoms with Gasteiger partial charge in [-0.25, -0.2) is 0 Å². The fraction of sp³-hybridized carbons (Fsp3) is 0.269. The van der Waals surface area contributed by atoms with Gasteiger partial charge in [0.05, 0.1) is 25.3 Å². The maximum Gasteiger partial charge on any atom is 0.301 e. The number of nitrogens with zero attached hydrogens (tertiary/aromatic N) is 2. The molecule has 1 amide bonds. The van der Waals surface area contributed by atoms with E-state index in [0.717, 1.165) is 12.0 Å². The highest BCUT2D eigenvalue weighted by atomic mass is 16.5. The molecule has 34 heavy (non-hydrogen) atoms. The predicted octanol–water partition coefficient (Wildman–Crippen LogP) is 4.72. The Labute approximate surface area is 197 Å². The third-order valence-electron chi connectivity index (χ3n) is 5.62. The molecule has 0 spiro atoms. The quantitative estimate of drug-likeness (QED) is 0.308. The number of anilines is 1. The van der Waals surface area contributed by atoms with Crippen molar-refractivity contribution in [1.29, 1.82) is 0 Å². The minimum Gasteiger partial charge on any atom is -0.507 e.